The molecule has 27 valence electrons. The molecule has 0 aliphatic heterocycles. The molecule has 0 amide bonds. The average molecular weight is 391 g/mol. The van der Waals surface area contributed by atoms with Crippen molar-refractivity contribution in [3.8, 4) is 0 Å². The largest absolute Gasteiger partial charge is 0 e. The molecule has 0 unspecified atom stereocenters. The van der Waals surface area contributed by atoms with Crippen LogP contribution in [-0.2, 0) is 76.3 Å². The molecule has 1 radical (unpaired) electrons. The van der Waals surface area contributed by atoms with Crippen LogP contribution in [0.15, 0.2) is 0 Å². The Bertz CT molecular complexity index is 8.00. The van der Waals surface area contributed by atoms with Crippen molar-refractivity contribution in [3.63, 3.8) is 0 Å². The Morgan fingerprint density at radius 3 is 1.00 bits per heavy atom. The van der Waals surface area contributed by atoms with Crippen molar-refractivity contribution in [2.24, 2.45) is 0 Å². The maximum absolute atomic E-state index is 0. The number of hydrogen-bond acceptors (Lipinski definition) is 0. The van der Waals surface area contributed by atoms with Crippen molar-refractivity contribution in [2.45, 2.75) is 0 Å². The molecule has 0 aromatic rings. The molecular weight excluding hydrogens is 391 g/mol. The van der Waals surface area contributed by atoms with Gasteiger partial charge in [0.1, 0.15) is 0 Å². The van der Waals surface area contributed by atoms with Crippen LogP contribution in [0.1, 0.15) is 0 Å². The molecule has 0 saturated heterocycles. The van der Waals surface area contributed by atoms with Crippen LogP contribution in [0.4, 0.5) is 0 Å². The Balaban J connectivity index is 0. The summed E-state index contributed by atoms with van der Waals surface area (Å²) < 4.78 is 0. The first kappa shape index (κ1) is 32.2. The van der Waals surface area contributed by atoms with Gasteiger partial charge in [-0.25, -0.2) is 0 Å². The van der Waals surface area contributed by atoms with Crippen LogP contribution in [0.3, 0.4) is 0 Å². The first-order valence-electron chi connectivity index (χ1n) is 0. The van der Waals surface area contributed by atoms with Crippen molar-refractivity contribution >= 4 is 0 Å². The molecule has 0 heterocycles. The predicted octanol–water partition coefficient (Wildman–Crippen LogP) is -0.0100. The third-order valence-electron chi connectivity index (χ3n) is 0. The van der Waals surface area contributed by atoms with E-state index < -0.39 is 0 Å². The maximum Gasteiger partial charge on any atom is 0 e. The minimum Gasteiger partial charge on any atom is 0 e. The van der Waals surface area contributed by atoms with Crippen LogP contribution in [0.25, 0.3) is 0 Å². The van der Waals surface area contributed by atoms with Crippen LogP contribution in [0, 0.1) is 0 Å². The zero-order valence-electron chi connectivity index (χ0n) is 1.56. The fourth-order valence-electron chi connectivity index (χ4n) is 0. The van der Waals surface area contributed by atoms with Gasteiger partial charge in [0.15, 0.2) is 0 Å². The van der Waals surface area contributed by atoms with Gasteiger partial charge in [-0.05, 0) is 0 Å². The smallest absolute Gasteiger partial charge is 0 e. The Labute approximate surface area is 75.3 Å². The van der Waals surface area contributed by atoms with Crippen LogP contribution in [-0.4, -0.2) is 0 Å². The normalized spacial score (nSPS) is 0. The summed E-state index contributed by atoms with van der Waals surface area (Å²) in [5.74, 6) is 0. The molecule has 0 saturated carbocycles. The Morgan fingerprint density at radius 1 is 1.00 bits per heavy atom. The summed E-state index contributed by atoms with van der Waals surface area (Å²) in [6.45, 7) is 0. The minimum atomic E-state index is 0. The van der Waals surface area contributed by atoms with E-state index in [0.717, 1.165) is 0 Å². The summed E-state index contributed by atoms with van der Waals surface area (Å²) in [7, 11) is 0. The standard InChI is InChI=1S/Co.Cr.Mo.W. The molecule has 0 aromatic heterocycles. The fourth-order valence-corrected chi connectivity index (χ4v) is 0. The zero-order chi connectivity index (χ0) is 0. The molecule has 0 aromatic carbocycles. The maximum atomic E-state index is 0. The van der Waals surface area contributed by atoms with Gasteiger partial charge in [0, 0.05) is 76.3 Å². The first-order valence-corrected chi connectivity index (χ1v) is 0. The van der Waals surface area contributed by atoms with E-state index in [4.69, 9.17) is 0 Å². The van der Waals surface area contributed by atoms with E-state index in [-0.39, 0.29) is 76.3 Å². The molecule has 0 bridgehead atoms. The van der Waals surface area contributed by atoms with Crippen LogP contribution >= 0.6 is 0 Å². The first-order chi connectivity index (χ1) is 0. The van der Waals surface area contributed by atoms with Crippen molar-refractivity contribution in [1.82, 2.24) is 0 Å². The van der Waals surface area contributed by atoms with E-state index in [1.165, 1.54) is 0 Å². The summed E-state index contributed by atoms with van der Waals surface area (Å²) in [6, 6.07) is 0. The molecule has 4 heteroatoms. The molecule has 4 heavy (non-hydrogen) atoms. The van der Waals surface area contributed by atoms with Gasteiger partial charge in [-0.2, -0.15) is 0 Å². The summed E-state index contributed by atoms with van der Waals surface area (Å²) in [6.07, 6.45) is 0. The molecule has 0 rings (SSSR count). The Hall–Kier alpha value is 2.42. The van der Waals surface area contributed by atoms with Crippen LogP contribution in [0.5, 0.6) is 0 Å². The average Bonchev–Trinajstić information content (AvgIpc) is 0. The van der Waals surface area contributed by atoms with Crippen molar-refractivity contribution < 1.29 is 76.3 Å². The molecule has 0 fully saturated rings. The second-order valence-corrected chi connectivity index (χ2v) is 0. The molecule has 0 nitrogen and oxygen atoms in total. The van der Waals surface area contributed by atoms with E-state index in [0.29, 0.717) is 0 Å². The second kappa shape index (κ2) is 18.1. The monoisotopic (exact) mass is 393 g/mol. The fraction of sp³-hybridized carbons (Fsp3) is 0. The summed E-state index contributed by atoms with van der Waals surface area (Å²) in [5.41, 5.74) is 0. The van der Waals surface area contributed by atoms with E-state index in [2.05, 4.69) is 0 Å². The number of rotatable bonds is 0. The van der Waals surface area contributed by atoms with E-state index in [9.17, 15) is 0 Å². The Morgan fingerprint density at radius 2 is 1.00 bits per heavy atom. The van der Waals surface area contributed by atoms with Gasteiger partial charge in [0.2, 0.25) is 0 Å². The third kappa shape index (κ3) is 8.83. The SMILES string of the molecule is [Co].[Cr].[Mo].[W]. The predicted molar refractivity (Wildman–Crippen MR) is 0 cm³/mol. The minimum absolute atomic E-state index is 0. The Kier molecular flexibility index (Phi) is 146. The van der Waals surface area contributed by atoms with Crippen LogP contribution in [0.2, 0.25) is 0 Å². The molecule has 0 spiro atoms. The van der Waals surface area contributed by atoms with Crippen molar-refractivity contribution in [1.29, 1.82) is 0 Å². The van der Waals surface area contributed by atoms with Gasteiger partial charge < -0.3 is 0 Å². The van der Waals surface area contributed by atoms with E-state index >= 15 is 0 Å². The van der Waals surface area contributed by atoms with Crippen LogP contribution < -0.4 is 0 Å². The molecular formula is CoCrMoW. The number of hydrogen-bond donors (Lipinski definition) is 0. The zero-order valence-corrected chi connectivity index (χ0v) is 8.81. The van der Waals surface area contributed by atoms with E-state index in [1.807, 2.05) is 0 Å². The van der Waals surface area contributed by atoms with Gasteiger partial charge in [0.05, 0.1) is 0 Å². The summed E-state index contributed by atoms with van der Waals surface area (Å²) >= 11 is 0. The quantitative estimate of drug-likeness (QED) is 0.511. The van der Waals surface area contributed by atoms with Gasteiger partial charge in [0.25, 0.3) is 0 Å². The van der Waals surface area contributed by atoms with Gasteiger partial charge in [-0.15, -0.1) is 0 Å². The van der Waals surface area contributed by atoms with Crippen molar-refractivity contribution in [2.75, 3.05) is 0 Å². The molecule has 0 atom stereocenters. The molecule has 0 aliphatic rings. The second-order valence-electron chi connectivity index (χ2n) is 0. The third-order valence-corrected chi connectivity index (χ3v) is 0. The summed E-state index contributed by atoms with van der Waals surface area (Å²) in [4.78, 5) is 0. The van der Waals surface area contributed by atoms with Gasteiger partial charge >= 0.3 is 0 Å². The van der Waals surface area contributed by atoms with Gasteiger partial charge in [-0.3, -0.25) is 0 Å². The summed E-state index contributed by atoms with van der Waals surface area (Å²) in [5, 5.41) is 0. The van der Waals surface area contributed by atoms with Crippen molar-refractivity contribution in [3.05, 3.63) is 0 Å². The topological polar surface area (TPSA) is 0 Å². The van der Waals surface area contributed by atoms with E-state index in [1.54, 1.807) is 0 Å². The molecule has 0 N–H and O–H groups in total. The van der Waals surface area contributed by atoms with Gasteiger partial charge in [-0.1, -0.05) is 0 Å². The molecule has 0 aliphatic carbocycles.